The molecule has 0 aliphatic carbocycles. The first-order chi connectivity index (χ1) is 15.9. The van der Waals surface area contributed by atoms with Gasteiger partial charge in [0.1, 0.15) is 12.4 Å². The highest BCUT2D eigenvalue weighted by molar-refractivity contribution is 5.94. The van der Waals surface area contributed by atoms with E-state index < -0.39 is 0 Å². The Balaban J connectivity index is 1.56. The first kappa shape index (κ1) is 23.5. The van der Waals surface area contributed by atoms with Crippen LogP contribution in [0, 0.1) is 11.3 Å². The summed E-state index contributed by atoms with van der Waals surface area (Å²) in [5, 5.41) is 14.7. The second-order valence-corrected chi connectivity index (χ2v) is 7.80. The Kier molecular flexibility index (Phi) is 8.17. The molecule has 0 aliphatic rings. The zero-order chi connectivity index (χ0) is 23.6. The molecule has 7 heteroatoms. The normalized spacial score (nSPS) is 10.4. The summed E-state index contributed by atoms with van der Waals surface area (Å²) in [5.41, 5.74) is 3.46. The van der Waals surface area contributed by atoms with Crippen LogP contribution in [-0.4, -0.2) is 37.4 Å². The van der Waals surface area contributed by atoms with Crippen molar-refractivity contribution in [3.8, 4) is 11.8 Å². The molecule has 0 aromatic heterocycles. The lowest BCUT2D eigenvalue weighted by atomic mass is 10.1. The predicted octanol–water partition coefficient (Wildman–Crippen LogP) is 3.57. The van der Waals surface area contributed by atoms with Crippen molar-refractivity contribution in [1.29, 1.82) is 5.26 Å². The van der Waals surface area contributed by atoms with Crippen molar-refractivity contribution >= 4 is 17.5 Å². The number of likely N-dealkylation sites (N-methyl/N-ethyl adjacent to an activating group) is 1. The van der Waals surface area contributed by atoms with Gasteiger partial charge in [-0.2, -0.15) is 5.26 Å². The van der Waals surface area contributed by atoms with Crippen molar-refractivity contribution in [3.63, 3.8) is 0 Å². The molecule has 0 atom stereocenters. The number of nitriles is 1. The highest BCUT2D eigenvalue weighted by Gasteiger charge is 2.08. The van der Waals surface area contributed by atoms with Gasteiger partial charge in [0.25, 0.3) is 5.91 Å². The smallest absolute Gasteiger partial charge is 0.251 e. The Morgan fingerprint density at radius 2 is 1.73 bits per heavy atom. The summed E-state index contributed by atoms with van der Waals surface area (Å²) in [6.45, 7) is 0.910. The number of carbonyl (C=O) groups is 2. The van der Waals surface area contributed by atoms with Crippen molar-refractivity contribution in [2.75, 3.05) is 26.0 Å². The summed E-state index contributed by atoms with van der Waals surface area (Å²) in [7, 11) is 3.66. The zero-order valence-corrected chi connectivity index (χ0v) is 18.7. The van der Waals surface area contributed by atoms with Crippen LogP contribution in [0.4, 0.5) is 5.69 Å². The fraction of sp³-hybridized carbons (Fsp3) is 0.192. The number of anilines is 1. The van der Waals surface area contributed by atoms with Crippen LogP contribution < -0.4 is 15.4 Å². The van der Waals surface area contributed by atoms with E-state index in [9.17, 15) is 9.59 Å². The molecule has 7 nitrogen and oxygen atoms in total. The molecule has 3 aromatic rings. The number of benzene rings is 3. The summed E-state index contributed by atoms with van der Waals surface area (Å²) in [6.07, 6.45) is 0. The third-order valence-electron chi connectivity index (χ3n) is 4.68. The van der Waals surface area contributed by atoms with Gasteiger partial charge in [0.05, 0.1) is 18.2 Å². The van der Waals surface area contributed by atoms with Crippen molar-refractivity contribution in [2.24, 2.45) is 0 Å². The number of carbonyl (C=O) groups excluding carboxylic acids is 2. The van der Waals surface area contributed by atoms with E-state index >= 15 is 0 Å². The topological polar surface area (TPSA) is 94.5 Å². The minimum atomic E-state index is -0.203. The van der Waals surface area contributed by atoms with Gasteiger partial charge in [0.2, 0.25) is 5.91 Å². The van der Waals surface area contributed by atoms with Crippen LogP contribution in [0.25, 0.3) is 0 Å². The Bertz CT molecular complexity index is 1170. The van der Waals surface area contributed by atoms with Crippen LogP contribution in [0.15, 0.2) is 72.8 Å². The predicted molar refractivity (Wildman–Crippen MR) is 127 cm³/mol. The van der Waals surface area contributed by atoms with E-state index in [4.69, 9.17) is 10.00 Å². The molecule has 33 heavy (non-hydrogen) atoms. The van der Waals surface area contributed by atoms with E-state index in [2.05, 4.69) is 16.7 Å². The molecule has 0 unspecified atom stereocenters. The molecule has 3 rings (SSSR count). The molecule has 0 saturated carbocycles. The van der Waals surface area contributed by atoms with Gasteiger partial charge in [-0.1, -0.05) is 30.3 Å². The molecule has 0 radical (unpaired) electrons. The highest BCUT2D eigenvalue weighted by atomic mass is 16.5. The number of rotatable bonds is 9. The second kappa shape index (κ2) is 11.5. The van der Waals surface area contributed by atoms with E-state index in [-0.39, 0.29) is 18.4 Å². The summed E-state index contributed by atoms with van der Waals surface area (Å²) < 4.78 is 5.75. The maximum Gasteiger partial charge on any atom is 0.251 e. The van der Waals surface area contributed by atoms with Gasteiger partial charge >= 0.3 is 0 Å². The van der Waals surface area contributed by atoms with E-state index in [0.29, 0.717) is 35.7 Å². The average Bonchev–Trinajstić information content (AvgIpc) is 2.81. The standard InChI is InChI=1S/C26H26N4O3/c1-30(2)17-25(31)29-23-10-4-7-20(13-23)16-28-26(32)22-9-3-8-21(12-22)18-33-24-11-5-6-19(14-24)15-27/h3-14H,16-18H2,1-2H3,(H,28,32)(H,29,31). The zero-order valence-electron chi connectivity index (χ0n) is 18.7. The van der Waals surface area contributed by atoms with E-state index in [1.54, 1.807) is 47.4 Å². The SMILES string of the molecule is CN(C)CC(=O)Nc1cccc(CNC(=O)c2cccc(COc3cccc(C#N)c3)c2)c1. The molecule has 3 aromatic carbocycles. The fourth-order valence-electron chi connectivity index (χ4n) is 3.16. The fourth-order valence-corrected chi connectivity index (χ4v) is 3.16. The van der Waals surface area contributed by atoms with E-state index in [1.165, 1.54) is 0 Å². The number of hydrogen-bond donors (Lipinski definition) is 2. The van der Waals surface area contributed by atoms with Crippen LogP contribution in [0.3, 0.4) is 0 Å². The number of hydrogen-bond acceptors (Lipinski definition) is 5. The van der Waals surface area contributed by atoms with Crippen LogP contribution in [0.5, 0.6) is 5.75 Å². The van der Waals surface area contributed by atoms with Crippen molar-refractivity contribution in [1.82, 2.24) is 10.2 Å². The summed E-state index contributed by atoms with van der Waals surface area (Å²) in [5.74, 6) is 0.298. The van der Waals surface area contributed by atoms with Gasteiger partial charge in [-0.25, -0.2) is 0 Å². The molecule has 0 bridgehead atoms. The quantitative estimate of drug-likeness (QED) is 0.528. The van der Waals surface area contributed by atoms with Gasteiger partial charge < -0.3 is 20.3 Å². The molecule has 2 N–H and O–H groups in total. The van der Waals surface area contributed by atoms with Crippen LogP contribution in [-0.2, 0) is 17.9 Å². The maximum atomic E-state index is 12.6. The minimum absolute atomic E-state index is 0.0976. The number of ether oxygens (including phenoxy) is 1. The lowest BCUT2D eigenvalue weighted by Gasteiger charge is -2.12. The molecule has 2 amide bonds. The minimum Gasteiger partial charge on any atom is -0.489 e. The second-order valence-electron chi connectivity index (χ2n) is 7.80. The summed E-state index contributed by atoms with van der Waals surface area (Å²) >= 11 is 0. The lowest BCUT2D eigenvalue weighted by Crippen LogP contribution is -2.27. The van der Waals surface area contributed by atoms with Crippen molar-refractivity contribution in [3.05, 3.63) is 95.1 Å². The first-order valence-corrected chi connectivity index (χ1v) is 10.5. The molecular weight excluding hydrogens is 416 g/mol. The Morgan fingerprint density at radius 3 is 2.52 bits per heavy atom. The molecule has 0 aliphatic heterocycles. The van der Waals surface area contributed by atoms with Gasteiger partial charge in [-0.15, -0.1) is 0 Å². The van der Waals surface area contributed by atoms with Gasteiger partial charge in [-0.05, 0) is 67.7 Å². The van der Waals surface area contributed by atoms with E-state index in [1.807, 2.05) is 44.4 Å². The molecule has 0 heterocycles. The number of amides is 2. The third kappa shape index (κ3) is 7.49. The molecule has 168 valence electrons. The third-order valence-corrected chi connectivity index (χ3v) is 4.68. The Hall–Kier alpha value is -4.15. The summed E-state index contributed by atoms with van der Waals surface area (Å²) in [6, 6.07) is 23.6. The maximum absolute atomic E-state index is 12.6. The molecule has 0 saturated heterocycles. The van der Waals surface area contributed by atoms with Crippen LogP contribution in [0.2, 0.25) is 0 Å². The molecule has 0 fully saturated rings. The summed E-state index contributed by atoms with van der Waals surface area (Å²) in [4.78, 5) is 26.4. The molecular formula is C26H26N4O3. The largest absolute Gasteiger partial charge is 0.489 e. The average molecular weight is 443 g/mol. The Morgan fingerprint density at radius 1 is 0.970 bits per heavy atom. The number of nitrogens with zero attached hydrogens (tertiary/aromatic N) is 2. The first-order valence-electron chi connectivity index (χ1n) is 10.5. The molecule has 0 spiro atoms. The van der Waals surface area contributed by atoms with Gasteiger partial charge in [0.15, 0.2) is 0 Å². The van der Waals surface area contributed by atoms with Crippen LogP contribution in [0.1, 0.15) is 27.0 Å². The van der Waals surface area contributed by atoms with E-state index in [0.717, 1.165) is 11.1 Å². The van der Waals surface area contributed by atoms with Gasteiger partial charge in [0, 0.05) is 17.8 Å². The Labute approximate surface area is 193 Å². The van der Waals surface area contributed by atoms with Gasteiger partial charge in [-0.3, -0.25) is 9.59 Å². The lowest BCUT2D eigenvalue weighted by molar-refractivity contribution is -0.116. The van der Waals surface area contributed by atoms with Crippen LogP contribution >= 0.6 is 0 Å². The van der Waals surface area contributed by atoms with Crippen molar-refractivity contribution in [2.45, 2.75) is 13.2 Å². The monoisotopic (exact) mass is 442 g/mol. The number of nitrogens with one attached hydrogen (secondary N) is 2. The highest BCUT2D eigenvalue weighted by Crippen LogP contribution is 2.16. The van der Waals surface area contributed by atoms with Crippen molar-refractivity contribution < 1.29 is 14.3 Å².